The van der Waals surface area contributed by atoms with Crippen molar-refractivity contribution in [1.29, 1.82) is 0 Å². The van der Waals surface area contributed by atoms with Gasteiger partial charge in [0.2, 0.25) is 5.91 Å². The van der Waals surface area contributed by atoms with Gasteiger partial charge in [-0.2, -0.15) is 4.31 Å². The molecule has 1 aliphatic rings. The number of carbonyl (C=O) groups excluding carboxylic acids is 1. The number of halogens is 1. The predicted octanol–water partition coefficient (Wildman–Crippen LogP) is 4.20. The second-order valence-electron chi connectivity index (χ2n) is 7.48. The van der Waals surface area contributed by atoms with Gasteiger partial charge in [-0.25, -0.2) is 8.42 Å². The van der Waals surface area contributed by atoms with Gasteiger partial charge in [-0.05, 0) is 47.5 Å². The first-order chi connectivity index (χ1) is 14.8. The van der Waals surface area contributed by atoms with Crippen molar-refractivity contribution >= 4 is 49.6 Å². The molecule has 2 heterocycles. The van der Waals surface area contributed by atoms with Crippen molar-refractivity contribution < 1.29 is 17.9 Å². The first-order valence-electron chi connectivity index (χ1n) is 9.91. The van der Waals surface area contributed by atoms with Gasteiger partial charge in [0.15, 0.2) is 0 Å². The van der Waals surface area contributed by atoms with E-state index in [9.17, 15) is 13.2 Å². The van der Waals surface area contributed by atoms with Crippen LogP contribution in [0.4, 0.5) is 0 Å². The minimum atomic E-state index is -3.57. The zero-order valence-electron chi connectivity index (χ0n) is 17.2. The first kappa shape index (κ1) is 22.1. The molecule has 1 amide bonds. The summed E-state index contributed by atoms with van der Waals surface area (Å²) < 4.78 is 32.9. The zero-order chi connectivity index (χ0) is 22.2. The zero-order valence-corrected chi connectivity index (χ0v) is 19.6. The summed E-state index contributed by atoms with van der Waals surface area (Å²) in [5, 5.41) is 2.10. The number of piperazine rings is 1. The maximum Gasteiger partial charge on any atom is 0.252 e. The number of rotatable bonds is 5. The van der Waals surface area contributed by atoms with Gasteiger partial charge >= 0.3 is 0 Å². The standard InChI is InChI=1S/C22H23ClN2O4S2/c1-15(16-3-4-18-14-19(29-2)6-5-17(18)13-16)22(26)24-9-11-25(12-10-24)31(27,28)21-8-7-20(23)30-21/h3-8,13-15H,9-12H2,1-2H3/t15-/m0/s1. The molecule has 31 heavy (non-hydrogen) atoms. The summed E-state index contributed by atoms with van der Waals surface area (Å²) in [6, 6.07) is 14.9. The van der Waals surface area contributed by atoms with Crippen LogP contribution in [0.1, 0.15) is 18.4 Å². The van der Waals surface area contributed by atoms with Crippen molar-refractivity contribution in [2.24, 2.45) is 0 Å². The molecule has 0 aliphatic carbocycles. The van der Waals surface area contributed by atoms with Crippen molar-refractivity contribution in [3.8, 4) is 5.75 Å². The quantitative estimate of drug-likeness (QED) is 0.551. The lowest BCUT2D eigenvalue weighted by Crippen LogP contribution is -2.51. The summed E-state index contributed by atoms with van der Waals surface area (Å²) >= 11 is 6.94. The number of sulfonamides is 1. The second kappa shape index (κ2) is 8.78. The molecule has 4 rings (SSSR count). The number of benzene rings is 2. The summed E-state index contributed by atoms with van der Waals surface area (Å²) in [4.78, 5) is 14.8. The molecule has 0 radical (unpaired) electrons. The van der Waals surface area contributed by atoms with E-state index in [-0.39, 0.29) is 29.1 Å². The van der Waals surface area contributed by atoms with E-state index in [1.807, 2.05) is 43.3 Å². The molecule has 2 aromatic carbocycles. The fraction of sp³-hybridized carbons (Fsp3) is 0.318. The Balaban J connectivity index is 1.44. The SMILES string of the molecule is COc1ccc2cc([C@H](C)C(=O)N3CCN(S(=O)(=O)c4ccc(Cl)s4)CC3)ccc2c1. The molecule has 164 valence electrons. The average molecular weight is 479 g/mol. The number of carbonyl (C=O) groups is 1. The highest BCUT2D eigenvalue weighted by atomic mass is 35.5. The van der Waals surface area contributed by atoms with Crippen LogP contribution in [0.2, 0.25) is 4.34 Å². The van der Waals surface area contributed by atoms with E-state index in [1.165, 1.54) is 10.4 Å². The Hall–Kier alpha value is -2.13. The molecule has 1 aliphatic heterocycles. The fourth-order valence-corrected chi connectivity index (χ4v) is 6.83. The van der Waals surface area contributed by atoms with Crippen molar-refractivity contribution in [2.75, 3.05) is 33.3 Å². The van der Waals surface area contributed by atoms with E-state index in [0.717, 1.165) is 33.4 Å². The number of hydrogen-bond donors (Lipinski definition) is 0. The lowest BCUT2D eigenvalue weighted by atomic mass is 9.96. The molecule has 0 spiro atoms. The van der Waals surface area contributed by atoms with E-state index in [4.69, 9.17) is 16.3 Å². The molecule has 1 fully saturated rings. The smallest absolute Gasteiger partial charge is 0.252 e. The monoisotopic (exact) mass is 478 g/mol. The van der Waals surface area contributed by atoms with Gasteiger partial charge in [0.1, 0.15) is 9.96 Å². The number of ether oxygens (including phenoxy) is 1. The van der Waals surface area contributed by atoms with Crippen LogP contribution in [0.5, 0.6) is 5.75 Å². The summed E-state index contributed by atoms with van der Waals surface area (Å²) in [6.07, 6.45) is 0. The molecule has 0 N–H and O–H groups in total. The molecule has 0 bridgehead atoms. The third-order valence-corrected chi connectivity index (χ3v) is 9.23. The maximum absolute atomic E-state index is 13.1. The molecular formula is C22H23ClN2O4S2. The van der Waals surface area contributed by atoms with E-state index in [0.29, 0.717) is 17.4 Å². The predicted molar refractivity (Wildman–Crippen MR) is 124 cm³/mol. The maximum atomic E-state index is 13.1. The summed E-state index contributed by atoms with van der Waals surface area (Å²) in [5.41, 5.74) is 0.936. The Morgan fingerprint density at radius 2 is 1.71 bits per heavy atom. The van der Waals surface area contributed by atoms with Crippen LogP contribution < -0.4 is 4.74 Å². The molecule has 1 aromatic heterocycles. The van der Waals surface area contributed by atoms with Crippen LogP contribution in [0, 0.1) is 0 Å². The molecule has 3 aromatic rings. The van der Waals surface area contributed by atoms with Crippen LogP contribution in [0.15, 0.2) is 52.7 Å². The summed E-state index contributed by atoms with van der Waals surface area (Å²) in [5.74, 6) is 0.483. The largest absolute Gasteiger partial charge is 0.497 e. The number of thiophene rings is 1. The van der Waals surface area contributed by atoms with E-state index >= 15 is 0 Å². The van der Waals surface area contributed by atoms with E-state index < -0.39 is 10.0 Å². The van der Waals surface area contributed by atoms with Crippen molar-refractivity contribution in [2.45, 2.75) is 17.1 Å². The molecule has 6 nitrogen and oxygen atoms in total. The molecule has 9 heteroatoms. The van der Waals surface area contributed by atoms with Gasteiger partial charge in [0.05, 0.1) is 17.4 Å². The van der Waals surface area contributed by atoms with Crippen LogP contribution >= 0.6 is 22.9 Å². The lowest BCUT2D eigenvalue weighted by molar-refractivity contribution is -0.133. The minimum absolute atomic E-state index is 0.00378. The number of nitrogens with zero attached hydrogens (tertiary/aromatic N) is 2. The number of hydrogen-bond acceptors (Lipinski definition) is 5. The van der Waals surface area contributed by atoms with E-state index in [2.05, 4.69) is 0 Å². The van der Waals surface area contributed by atoms with Gasteiger partial charge in [0, 0.05) is 26.2 Å². The third-order valence-electron chi connectivity index (χ3n) is 5.63. The Morgan fingerprint density at radius 1 is 1.03 bits per heavy atom. The molecule has 1 saturated heterocycles. The summed E-state index contributed by atoms with van der Waals surface area (Å²) in [7, 11) is -1.94. The van der Waals surface area contributed by atoms with Gasteiger partial charge in [0.25, 0.3) is 10.0 Å². The van der Waals surface area contributed by atoms with Crippen LogP contribution in [-0.2, 0) is 14.8 Å². The third kappa shape index (κ3) is 4.43. The van der Waals surface area contributed by atoms with Crippen LogP contribution in [0.25, 0.3) is 10.8 Å². The topological polar surface area (TPSA) is 66.9 Å². The number of methoxy groups -OCH3 is 1. The fourth-order valence-electron chi connectivity index (χ4n) is 3.77. The highest BCUT2D eigenvalue weighted by molar-refractivity contribution is 7.91. The number of fused-ring (bicyclic) bond motifs is 1. The average Bonchev–Trinajstić information content (AvgIpc) is 3.24. The van der Waals surface area contributed by atoms with Crippen molar-refractivity contribution in [3.63, 3.8) is 0 Å². The Morgan fingerprint density at radius 3 is 2.35 bits per heavy atom. The van der Waals surface area contributed by atoms with Gasteiger partial charge in [-0.3, -0.25) is 4.79 Å². The van der Waals surface area contributed by atoms with Gasteiger partial charge in [-0.1, -0.05) is 35.9 Å². The van der Waals surface area contributed by atoms with Crippen molar-refractivity contribution in [1.82, 2.24) is 9.21 Å². The van der Waals surface area contributed by atoms with Crippen LogP contribution in [0.3, 0.4) is 0 Å². The summed E-state index contributed by atoms with van der Waals surface area (Å²) in [6.45, 7) is 3.17. The van der Waals surface area contributed by atoms with Crippen molar-refractivity contribution in [3.05, 3.63) is 58.4 Å². The first-order valence-corrected chi connectivity index (χ1v) is 12.5. The lowest BCUT2D eigenvalue weighted by Gasteiger charge is -2.35. The normalized spacial score (nSPS) is 16.4. The second-order valence-corrected chi connectivity index (χ2v) is 11.4. The van der Waals surface area contributed by atoms with Crippen LogP contribution in [-0.4, -0.2) is 56.8 Å². The molecular weight excluding hydrogens is 456 g/mol. The molecule has 0 unspecified atom stereocenters. The highest BCUT2D eigenvalue weighted by Crippen LogP contribution is 2.30. The minimum Gasteiger partial charge on any atom is -0.497 e. The van der Waals surface area contributed by atoms with Gasteiger partial charge < -0.3 is 9.64 Å². The molecule has 0 saturated carbocycles. The number of amides is 1. The van der Waals surface area contributed by atoms with E-state index in [1.54, 1.807) is 18.1 Å². The molecule has 1 atom stereocenters. The Labute approximate surface area is 191 Å². The van der Waals surface area contributed by atoms with Gasteiger partial charge in [-0.15, -0.1) is 11.3 Å². The Bertz CT molecular complexity index is 1220. The highest BCUT2D eigenvalue weighted by Gasteiger charge is 2.32. The Kier molecular flexibility index (Phi) is 6.25.